The number of hydrogen-bond donors (Lipinski definition) is 1. The van der Waals surface area contributed by atoms with Crippen molar-refractivity contribution in [2.45, 2.75) is 20.0 Å². The minimum atomic E-state index is -0.835. The van der Waals surface area contributed by atoms with Crippen molar-refractivity contribution >= 4 is 5.78 Å². The summed E-state index contributed by atoms with van der Waals surface area (Å²) in [6, 6.07) is 11.0. The van der Waals surface area contributed by atoms with Crippen LogP contribution in [0.5, 0.6) is 5.75 Å². The molecule has 0 saturated heterocycles. The van der Waals surface area contributed by atoms with Crippen molar-refractivity contribution in [1.82, 2.24) is 0 Å². The lowest BCUT2D eigenvalue weighted by atomic mass is 10.0. The number of aryl methyl sites for hydroxylation is 1. The summed E-state index contributed by atoms with van der Waals surface area (Å²) in [7, 11) is 0. The number of carbonyl (C=O) groups excluding carboxylic acids is 1. The zero-order chi connectivity index (χ0) is 15.4. The fourth-order valence-corrected chi connectivity index (χ4v) is 2.06. The van der Waals surface area contributed by atoms with Crippen molar-refractivity contribution < 1.29 is 19.0 Å². The molecule has 0 bridgehead atoms. The molecular formula is C17H17FO3. The van der Waals surface area contributed by atoms with E-state index in [9.17, 15) is 14.3 Å². The Morgan fingerprint density at radius 2 is 1.90 bits per heavy atom. The molecule has 21 heavy (non-hydrogen) atoms. The van der Waals surface area contributed by atoms with E-state index >= 15 is 0 Å². The van der Waals surface area contributed by atoms with Crippen molar-refractivity contribution in [3.05, 3.63) is 65.0 Å². The van der Waals surface area contributed by atoms with Gasteiger partial charge >= 0.3 is 0 Å². The number of Topliss-reactive ketones (excluding diaryl/α,β-unsaturated/α-hetero) is 1. The maximum atomic E-state index is 13.0. The highest BCUT2D eigenvalue weighted by molar-refractivity contribution is 5.94. The van der Waals surface area contributed by atoms with Gasteiger partial charge in [-0.25, -0.2) is 4.39 Å². The Hall–Kier alpha value is -2.20. The molecule has 1 atom stereocenters. The second-order valence-electron chi connectivity index (χ2n) is 4.91. The van der Waals surface area contributed by atoms with E-state index in [4.69, 9.17) is 4.74 Å². The first-order chi connectivity index (χ1) is 9.97. The Kier molecular flexibility index (Phi) is 4.70. The zero-order valence-electron chi connectivity index (χ0n) is 12.0. The van der Waals surface area contributed by atoms with Gasteiger partial charge in [-0.15, -0.1) is 0 Å². The summed E-state index contributed by atoms with van der Waals surface area (Å²) in [5, 5.41) is 10.1. The first-order valence-electron chi connectivity index (χ1n) is 6.65. The second-order valence-corrected chi connectivity index (χ2v) is 4.91. The number of ketones is 1. The average molecular weight is 288 g/mol. The predicted molar refractivity (Wildman–Crippen MR) is 78.0 cm³/mol. The number of ether oxygens (including phenoxy) is 1. The molecule has 0 aliphatic heterocycles. The summed E-state index contributed by atoms with van der Waals surface area (Å²) in [5.41, 5.74) is 1.92. The van der Waals surface area contributed by atoms with E-state index in [-0.39, 0.29) is 18.2 Å². The van der Waals surface area contributed by atoms with Gasteiger partial charge in [-0.2, -0.15) is 0 Å². The monoisotopic (exact) mass is 288 g/mol. The molecule has 0 radical (unpaired) electrons. The molecule has 0 spiro atoms. The Morgan fingerprint density at radius 3 is 2.48 bits per heavy atom. The van der Waals surface area contributed by atoms with Gasteiger partial charge in [0.25, 0.3) is 0 Å². The molecule has 3 nitrogen and oxygen atoms in total. The largest absolute Gasteiger partial charge is 0.491 e. The van der Waals surface area contributed by atoms with Crippen LogP contribution in [0, 0.1) is 12.7 Å². The molecule has 0 aliphatic carbocycles. The van der Waals surface area contributed by atoms with Crippen LogP contribution in [0.3, 0.4) is 0 Å². The maximum absolute atomic E-state index is 13.0. The van der Waals surface area contributed by atoms with Crippen molar-refractivity contribution in [3.63, 3.8) is 0 Å². The molecule has 1 unspecified atom stereocenters. The molecule has 0 saturated carbocycles. The van der Waals surface area contributed by atoms with E-state index in [0.717, 1.165) is 0 Å². The van der Waals surface area contributed by atoms with Crippen molar-refractivity contribution in [1.29, 1.82) is 0 Å². The number of benzene rings is 2. The molecule has 0 heterocycles. The van der Waals surface area contributed by atoms with Gasteiger partial charge in [0, 0.05) is 5.56 Å². The first-order valence-corrected chi connectivity index (χ1v) is 6.65. The Balaban J connectivity index is 2.00. The van der Waals surface area contributed by atoms with Crippen LogP contribution in [0.4, 0.5) is 4.39 Å². The number of carbonyl (C=O) groups is 1. The summed E-state index contributed by atoms with van der Waals surface area (Å²) < 4.78 is 18.5. The maximum Gasteiger partial charge on any atom is 0.159 e. The third kappa shape index (κ3) is 3.89. The normalized spacial score (nSPS) is 12.0. The topological polar surface area (TPSA) is 46.5 Å². The van der Waals surface area contributed by atoms with Crippen LogP contribution in [-0.4, -0.2) is 17.5 Å². The molecule has 4 heteroatoms. The predicted octanol–water partition coefficient (Wildman–Crippen LogP) is 3.45. The highest BCUT2D eigenvalue weighted by Crippen LogP contribution is 2.20. The fraction of sp³-hybridized carbons (Fsp3) is 0.235. The Labute approximate surface area is 123 Å². The highest BCUT2D eigenvalue weighted by Gasteiger charge is 2.12. The summed E-state index contributed by atoms with van der Waals surface area (Å²) in [6.45, 7) is 3.30. The molecule has 0 amide bonds. The van der Waals surface area contributed by atoms with Gasteiger partial charge < -0.3 is 9.84 Å². The third-order valence-electron chi connectivity index (χ3n) is 3.26. The van der Waals surface area contributed by atoms with Gasteiger partial charge in [-0.3, -0.25) is 4.79 Å². The minimum Gasteiger partial charge on any atom is -0.491 e. The van der Waals surface area contributed by atoms with Gasteiger partial charge in [0.05, 0.1) is 0 Å². The lowest BCUT2D eigenvalue weighted by Gasteiger charge is -2.15. The molecule has 2 rings (SSSR count). The van der Waals surface area contributed by atoms with Gasteiger partial charge in [0.2, 0.25) is 0 Å². The molecule has 0 aliphatic rings. The van der Waals surface area contributed by atoms with Crippen molar-refractivity contribution in [2.75, 3.05) is 6.61 Å². The van der Waals surface area contributed by atoms with Crippen molar-refractivity contribution in [3.8, 4) is 5.75 Å². The molecule has 1 N–H and O–H groups in total. The molecular weight excluding hydrogens is 271 g/mol. The van der Waals surface area contributed by atoms with E-state index < -0.39 is 6.10 Å². The summed E-state index contributed by atoms with van der Waals surface area (Å²) in [6.07, 6.45) is -0.835. The first kappa shape index (κ1) is 15.2. The smallest absolute Gasteiger partial charge is 0.159 e. The number of rotatable bonds is 5. The van der Waals surface area contributed by atoms with Crippen LogP contribution in [0.2, 0.25) is 0 Å². The average Bonchev–Trinajstić information content (AvgIpc) is 2.45. The minimum absolute atomic E-state index is 0.0106. The third-order valence-corrected chi connectivity index (χ3v) is 3.26. The van der Waals surface area contributed by atoms with Crippen LogP contribution in [0.25, 0.3) is 0 Å². The van der Waals surface area contributed by atoms with Crippen LogP contribution >= 0.6 is 0 Å². The SMILES string of the molecule is CC(=O)c1ccc(OCC(O)c2ccc(F)cc2C)cc1. The lowest BCUT2D eigenvalue weighted by Crippen LogP contribution is -2.11. The number of halogens is 1. The molecule has 0 aromatic heterocycles. The standard InChI is InChI=1S/C17H17FO3/c1-11-9-14(18)5-8-16(11)17(20)10-21-15-6-3-13(4-7-15)12(2)19/h3-9,17,20H,10H2,1-2H3. The Bertz CT molecular complexity index is 635. The zero-order valence-corrected chi connectivity index (χ0v) is 12.0. The molecule has 2 aromatic carbocycles. The van der Waals surface area contributed by atoms with E-state index in [1.54, 1.807) is 37.3 Å². The van der Waals surface area contributed by atoms with E-state index in [2.05, 4.69) is 0 Å². The summed E-state index contributed by atoms with van der Waals surface area (Å²) >= 11 is 0. The molecule has 0 fully saturated rings. The second kappa shape index (κ2) is 6.50. The Morgan fingerprint density at radius 1 is 1.24 bits per heavy atom. The van der Waals surface area contributed by atoms with Crippen molar-refractivity contribution in [2.24, 2.45) is 0 Å². The van der Waals surface area contributed by atoms with Gasteiger partial charge in [-0.1, -0.05) is 6.07 Å². The fourth-order valence-electron chi connectivity index (χ4n) is 2.06. The molecule has 110 valence electrons. The van der Waals surface area contributed by atoms with Crippen LogP contribution in [0.1, 0.15) is 34.5 Å². The lowest BCUT2D eigenvalue weighted by molar-refractivity contribution is 0.101. The van der Waals surface area contributed by atoms with Gasteiger partial charge in [-0.05, 0) is 61.4 Å². The summed E-state index contributed by atoms with van der Waals surface area (Å²) in [5.74, 6) is 0.228. The van der Waals surface area contributed by atoms with E-state index in [1.807, 2.05) is 0 Å². The van der Waals surface area contributed by atoms with Gasteiger partial charge in [0.1, 0.15) is 24.3 Å². The number of aliphatic hydroxyl groups is 1. The number of hydrogen-bond acceptors (Lipinski definition) is 3. The van der Waals surface area contributed by atoms with Crippen LogP contribution in [0.15, 0.2) is 42.5 Å². The van der Waals surface area contributed by atoms with Crippen LogP contribution in [-0.2, 0) is 0 Å². The number of aliphatic hydroxyl groups excluding tert-OH is 1. The van der Waals surface area contributed by atoms with E-state index in [0.29, 0.717) is 22.4 Å². The van der Waals surface area contributed by atoms with E-state index in [1.165, 1.54) is 19.1 Å². The highest BCUT2D eigenvalue weighted by atomic mass is 19.1. The molecule has 2 aromatic rings. The van der Waals surface area contributed by atoms with Gasteiger partial charge in [0.15, 0.2) is 5.78 Å². The van der Waals surface area contributed by atoms with Crippen LogP contribution < -0.4 is 4.74 Å². The quantitative estimate of drug-likeness (QED) is 0.857. The summed E-state index contributed by atoms with van der Waals surface area (Å²) in [4.78, 5) is 11.2.